The molecule has 1 aromatic heterocycles. The highest BCUT2D eigenvalue weighted by Crippen LogP contribution is 2.33. The summed E-state index contributed by atoms with van der Waals surface area (Å²) in [6.07, 6.45) is 0. The van der Waals surface area contributed by atoms with Gasteiger partial charge >= 0.3 is 0 Å². The largest absolute Gasteiger partial charge is 0.383 e. The Morgan fingerprint density at radius 3 is 2.62 bits per heavy atom. The Bertz CT molecular complexity index is 335. The van der Waals surface area contributed by atoms with Crippen molar-refractivity contribution < 1.29 is 5.11 Å². The van der Waals surface area contributed by atoms with Gasteiger partial charge in [-0.15, -0.1) is 11.3 Å². The van der Waals surface area contributed by atoms with Gasteiger partial charge < -0.3 is 5.11 Å². The lowest BCUT2D eigenvalue weighted by molar-refractivity contribution is 0.0269. The first kappa shape index (κ1) is 10.2. The van der Waals surface area contributed by atoms with Gasteiger partial charge in [-0.3, -0.25) is 0 Å². The van der Waals surface area contributed by atoms with Crippen LogP contribution in [0.1, 0.15) is 23.6 Å². The van der Waals surface area contributed by atoms with Crippen molar-refractivity contribution in [1.29, 1.82) is 5.26 Å². The van der Waals surface area contributed by atoms with Gasteiger partial charge in [-0.05, 0) is 32.9 Å². The van der Waals surface area contributed by atoms with Gasteiger partial charge in [-0.1, -0.05) is 0 Å². The van der Waals surface area contributed by atoms with Crippen LogP contribution >= 0.6 is 11.3 Å². The molecule has 0 aliphatic rings. The molecule has 1 heterocycles. The van der Waals surface area contributed by atoms with Crippen LogP contribution in [0.25, 0.3) is 0 Å². The van der Waals surface area contributed by atoms with E-state index in [4.69, 9.17) is 5.26 Å². The minimum Gasteiger partial charge on any atom is -0.383 e. The monoisotopic (exact) mass is 195 g/mol. The topological polar surface area (TPSA) is 44.0 Å². The number of hydrogen-bond acceptors (Lipinski definition) is 3. The van der Waals surface area contributed by atoms with Crippen molar-refractivity contribution in [3.8, 4) is 6.07 Å². The second-order valence-electron chi connectivity index (χ2n) is 3.41. The summed E-state index contributed by atoms with van der Waals surface area (Å²) >= 11 is 1.54. The van der Waals surface area contributed by atoms with Crippen molar-refractivity contribution in [3.63, 3.8) is 0 Å². The van der Waals surface area contributed by atoms with Gasteiger partial charge in [0.2, 0.25) is 0 Å². The smallest absolute Gasteiger partial charge is 0.111 e. The van der Waals surface area contributed by atoms with Crippen LogP contribution < -0.4 is 0 Å². The van der Waals surface area contributed by atoms with Crippen molar-refractivity contribution in [1.82, 2.24) is 0 Å². The highest BCUT2D eigenvalue weighted by atomic mass is 32.1. The fourth-order valence-corrected chi connectivity index (χ4v) is 2.05. The van der Waals surface area contributed by atoms with E-state index in [1.807, 2.05) is 19.1 Å². The fourth-order valence-electron chi connectivity index (χ4n) is 1.05. The Labute approximate surface area is 82.4 Å². The average molecular weight is 195 g/mol. The lowest BCUT2D eigenvalue weighted by atomic mass is 9.91. The molecular formula is C10H13NOS. The summed E-state index contributed by atoms with van der Waals surface area (Å²) in [6.45, 7) is 5.41. The zero-order chi connectivity index (χ0) is 10.1. The molecule has 2 atom stereocenters. The second-order valence-corrected chi connectivity index (χ2v) is 4.70. The molecule has 0 aromatic carbocycles. The number of rotatable bonds is 2. The van der Waals surface area contributed by atoms with E-state index in [0.717, 1.165) is 9.75 Å². The van der Waals surface area contributed by atoms with Crippen molar-refractivity contribution >= 4 is 11.3 Å². The first-order chi connectivity index (χ1) is 5.98. The molecule has 2 nitrogen and oxygen atoms in total. The molecule has 0 radical (unpaired) electrons. The summed E-state index contributed by atoms with van der Waals surface area (Å²) in [5, 5.41) is 18.8. The first-order valence-electron chi connectivity index (χ1n) is 4.17. The van der Waals surface area contributed by atoms with Crippen molar-refractivity contribution in [3.05, 3.63) is 21.9 Å². The molecule has 0 aliphatic carbocycles. The molecule has 0 aliphatic heterocycles. The number of aliphatic hydroxyl groups is 1. The third-order valence-corrected chi connectivity index (χ3v) is 3.50. The molecule has 0 bridgehead atoms. The number of thiophene rings is 1. The van der Waals surface area contributed by atoms with E-state index in [1.165, 1.54) is 11.3 Å². The zero-order valence-corrected chi connectivity index (χ0v) is 8.85. The van der Waals surface area contributed by atoms with Crippen LogP contribution in [0.4, 0.5) is 0 Å². The highest BCUT2D eigenvalue weighted by Gasteiger charge is 2.31. The molecule has 3 heteroatoms. The molecule has 0 spiro atoms. The molecule has 0 fully saturated rings. The molecule has 0 saturated heterocycles. The zero-order valence-electron chi connectivity index (χ0n) is 8.03. The molecular weight excluding hydrogens is 182 g/mol. The molecule has 1 N–H and O–H groups in total. The Balaban J connectivity index is 3.01. The highest BCUT2D eigenvalue weighted by molar-refractivity contribution is 7.12. The minimum atomic E-state index is -1.02. The summed E-state index contributed by atoms with van der Waals surface area (Å²) in [5.74, 6) is -0.384. The van der Waals surface area contributed by atoms with Crippen LogP contribution in [0, 0.1) is 24.2 Å². The lowest BCUT2D eigenvalue weighted by Crippen LogP contribution is -2.27. The maximum Gasteiger partial charge on any atom is 0.111 e. The van der Waals surface area contributed by atoms with Gasteiger partial charge in [0.05, 0.1) is 12.0 Å². The van der Waals surface area contributed by atoms with E-state index in [2.05, 4.69) is 6.07 Å². The second kappa shape index (κ2) is 3.49. The summed E-state index contributed by atoms with van der Waals surface area (Å²) in [6, 6.07) is 5.91. The minimum absolute atomic E-state index is 0.384. The molecule has 13 heavy (non-hydrogen) atoms. The predicted molar refractivity (Wildman–Crippen MR) is 53.4 cm³/mol. The average Bonchev–Trinajstić information content (AvgIpc) is 2.50. The normalized spacial score (nSPS) is 17.5. The van der Waals surface area contributed by atoms with Crippen LogP contribution in [0.5, 0.6) is 0 Å². The van der Waals surface area contributed by atoms with Crippen molar-refractivity contribution in [2.24, 2.45) is 5.92 Å². The Hall–Kier alpha value is -0.850. The Kier molecular flexibility index (Phi) is 2.74. The molecule has 2 unspecified atom stereocenters. The Morgan fingerprint density at radius 1 is 1.62 bits per heavy atom. The van der Waals surface area contributed by atoms with E-state index >= 15 is 0 Å². The first-order valence-corrected chi connectivity index (χ1v) is 4.99. The summed E-state index contributed by atoms with van der Waals surface area (Å²) in [7, 11) is 0. The number of nitrogens with zero attached hydrogens (tertiary/aromatic N) is 1. The summed E-state index contributed by atoms with van der Waals surface area (Å²) < 4.78 is 0. The van der Waals surface area contributed by atoms with E-state index in [1.54, 1.807) is 13.8 Å². The van der Waals surface area contributed by atoms with Gasteiger partial charge in [0.1, 0.15) is 5.60 Å². The van der Waals surface area contributed by atoms with Crippen LogP contribution in [-0.2, 0) is 5.60 Å². The molecule has 70 valence electrons. The van der Waals surface area contributed by atoms with Crippen molar-refractivity contribution in [2.75, 3.05) is 0 Å². The van der Waals surface area contributed by atoms with Gasteiger partial charge in [-0.2, -0.15) is 5.26 Å². The molecule has 0 saturated carbocycles. The fraction of sp³-hybridized carbons (Fsp3) is 0.500. The Morgan fingerprint density at radius 2 is 2.23 bits per heavy atom. The predicted octanol–water partition coefficient (Wildman–Crippen LogP) is 2.42. The number of hydrogen-bond donors (Lipinski definition) is 1. The standard InChI is InChI=1S/C10H13NOS/c1-7(6-11)10(3,12)9-5-4-8(2)13-9/h4-5,7,12H,1-3H3. The summed E-state index contributed by atoms with van der Waals surface area (Å²) in [5.41, 5.74) is -1.02. The van der Waals surface area contributed by atoms with Crippen LogP contribution in [0.3, 0.4) is 0 Å². The van der Waals surface area contributed by atoms with Crippen LogP contribution in [0.15, 0.2) is 12.1 Å². The number of nitriles is 1. The third-order valence-electron chi connectivity index (χ3n) is 2.28. The molecule has 0 amide bonds. The van der Waals surface area contributed by atoms with Gasteiger partial charge in [0.25, 0.3) is 0 Å². The van der Waals surface area contributed by atoms with E-state index in [-0.39, 0.29) is 5.92 Å². The van der Waals surface area contributed by atoms with Gasteiger partial charge in [0.15, 0.2) is 0 Å². The van der Waals surface area contributed by atoms with E-state index in [9.17, 15) is 5.11 Å². The lowest BCUT2D eigenvalue weighted by Gasteiger charge is -2.24. The number of aryl methyl sites for hydroxylation is 1. The van der Waals surface area contributed by atoms with E-state index < -0.39 is 5.60 Å². The molecule has 1 rings (SSSR count). The quantitative estimate of drug-likeness (QED) is 0.787. The maximum absolute atomic E-state index is 10.1. The summed E-state index contributed by atoms with van der Waals surface area (Å²) in [4.78, 5) is 2.01. The van der Waals surface area contributed by atoms with Gasteiger partial charge in [0, 0.05) is 9.75 Å². The van der Waals surface area contributed by atoms with Crippen molar-refractivity contribution in [2.45, 2.75) is 26.4 Å². The third kappa shape index (κ3) is 1.90. The van der Waals surface area contributed by atoms with Crippen LogP contribution in [-0.4, -0.2) is 5.11 Å². The molecule has 1 aromatic rings. The SMILES string of the molecule is Cc1ccc(C(C)(O)C(C)C#N)s1. The van der Waals surface area contributed by atoms with Gasteiger partial charge in [-0.25, -0.2) is 0 Å². The van der Waals surface area contributed by atoms with Crippen LogP contribution in [0.2, 0.25) is 0 Å². The maximum atomic E-state index is 10.1. The van der Waals surface area contributed by atoms with E-state index in [0.29, 0.717) is 0 Å².